The fourth-order valence-corrected chi connectivity index (χ4v) is 2.56. The monoisotopic (exact) mass is 309 g/mol. The third kappa shape index (κ3) is 4.05. The lowest BCUT2D eigenvalue weighted by Crippen LogP contribution is -2.31. The van der Waals surface area contributed by atoms with Crippen LogP contribution in [0.4, 0.5) is 4.39 Å². The number of nitrogens with zero attached hydrogens (tertiary/aromatic N) is 2. The van der Waals surface area contributed by atoms with Crippen LogP contribution in [0.2, 0.25) is 0 Å². The third-order valence-electron chi connectivity index (χ3n) is 2.83. The van der Waals surface area contributed by atoms with Crippen molar-refractivity contribution >= 4 is 17.7 Å². The first-order valence-electron chi connectivity index (χ1n) is 6.28. The number of aliphatic hydroxyl groups is 1. The zero-order valence-corrected chi connectivity index (χ0v) is 12.1. The normalized spacial score (nSPS) is 12.3. The summed E-state index contributed by atoms with van der Waals surface area (Å²) in [6.07, 6.45) is 1.65. The second-order valence-electron chi connectivity index (χ2n) is 4.51. The summed E-state index contributed by atoms with van der Waals surface area (Å²) in [6, 6.07) is 6.00. The summed E-state index contributed by atoms with van der Waals surface area (Å²) in [4.78, 5) is 15.0. The first-order chi connectivity index (χ1) is 9.99. The van der Waals surface area contributed by atoms with Crippen LogP contribution in [0.15, 0.2) is 35.6 Å². The zero-order valence-electron chi connectivity index (χ0n) is 11.3. The van der Waals surface area contributed by atoms with E-state index in [-0.39, 0.29) is 12.4 Å². The summed E-state index contributed by atoms with van der Waals surface area (Å²) in [5.74, 6) is -1.50. The average Bonchev–Trinajstić information content (AvgIpc) is 2.83. The lowest BCUT2D eigenvalue weighted by Gasteiger charge is -2.13. The number of hydrogen-bond donors (Lipinski definition) is 1. The lowest BCUT2D eigenvalue weighted by atomic mass is 10.2. The highest BCUT2D eigenvalue weighted by Gasteiger charge is 2.13. The molecule has 0 aliphatic rings. The van der Waals surface area contributed by atoms with Gasteiger partial charge in [-0.2, -0.15) is 0 Å². The minimum atomic E-state index is -1.18. The lowest BCUT2D eigenvalue weighted by molar-refractivity contribution is -0.304. The quantitative estimate of drug-likeness (QED) is 0.798. The maximum atomic E-state index is 12.9. The van der Waals surface area contributed by atoms with Gasteiger partial charge in [-0.1, -0.05) is 23.9 Å². The van der Waals surface area contributed by atoms with Crippen molar-refractivity contribution in [1.29, 1.82) is 0 Å². The number of carboxylic acid groups (broad SMARTS) is 1. The van der Waals surface area contributed by atoms with Crippen LogP contribution in [-0.2, 0) is 17.9 Å². The minimum Gasteiger partial charge on any atom is -0.549 e. The Kier molecular flexibility index (Phi) is 4.98. The summed E-state index contributed by atoms with van der Waals surface area (Å²) in [6.45, 7) is 1.69. The molecule has 0 aliphatic carbocycles. The molecule has 112 valence electrons. The van der Waals surface area contributed by atoms with Gasteiger partial charge in [-0.3, -0.25) is 0 Å². The maximum Gasteiger partial charge on any atom is 0.169 e. The Morgan fingerprint density at radius 1 is 1.48 bits per heavy atom. The molecule has 0 amide bonds. The number of rotatable bonds is 6. The SMILES string of the molecule is C[C@@H](Sc1nc(CO)cn1Cc1ccc(F)cc1)C(=O)[O-]. The van der Waals surface area contributed by atoms with Crippen molar-refractivity contribution in [3.63, 3.8) is 0 Å². The van der Waals surface area contributed by atoms with E-state index >= 15 is 0 Å². The molecule has 1 atom stereocenters. The molecule has 0 saturated carbocycles. The van der Waals surface area contributed by atoms with Crippen molar-refractivity contribution in [2.24, 2.45) is 0 Å². The van der Waals surface area contributed by atoms with E-state index in [9.17, 15) is 14.3 Å². The van der Waals surface area contributed by atoms with Crippen LogP contribution < -0.4 is 5.11 Å². The number of benzene rings is 1. The Morgan fingerprint density at radius 2 is 2.14 bits per heavy atom. The fourth-order valence-electron chi connectivity index (χ4n) is 1.73. The highest BCUT2D eigenvalue weighted by molar-refractivity contribution is 8.00. The molecule has 7 heteroatoms. The number of thioether (sulfide) groups is 1. The number of carbonyl (C=O) groups is 1. The summed E-state index contributed by atoms with van der Waals surface area (Å²) in [5, 5.41) is 19.7. The standard InChI is InChI=1S/C14H15FN2O3S/c1-9(13(19)20)21-14-16-12(8-18)7-17(14)6-10-2-4-11(15)5-3-10/h2-5,7,9,18H,6,8H2,1H3,(H,19,20)/p-1/t9-/m1/s1. The van der Waals surface area contributed by atoms with Crippen molar-refractivity contribution in [2.45, 2.75) is 30.5 Å². The van der Waals surface area contributed by atoms with Crippen LogP contribution >= 0.6 is 11.8 Å². The number of hydrogen-bond acceptors (Lipinski definition) is 5. The van der Waals surface area contributed by atoms with Gasteiger partial charge in [-0.05, 0) is 24.6 Å². The van der Waals surface area contributed by atoms with Crippen molar-refractivity contribution in [3.05, 3.63) is 47.5 Å². The molecule has 0 unspecified atom stereocenters. The predicted octanol–water partition coefficient (Wildman–Crippen LogP) is 0.793. The molecule has 5 nitrogen and oxygen atoms in total. The van der Waals surface area contributed by atoms with E-state index in [1.807, 2.05) is 0 Å². The summed E-state index contributed by atoms with van der Waals surface area (Å²) >= 11 is 1.04. The minimum absolute atomic E-state index is 0.232. The smallest absolute Gasteiger partial charge is 0.169 e. The first kappa shape index (κ1) is 15.5. The Bertz CT molecular complexity index is 628. The van der Waals surface area contributed by atoms with Crippen LogP contribution in [0.5, 0.6) is 0 Å². The van der Waals surface area contributed by atoms with Crippen LogP contribution in [0, 0.1) is 5.82 Å². The Morgan fingerprint density at radius 3 is 2.71 bits per heavy atom. The number of halogens is 1. The van der Waals surface area contributed by atoms with E-state index in [1.165, 1.54) is 19.1 Å². The number of carbonyl (C=O) groups excluding carboxylic acids is 1. The van der Waals surface area contributed by atoms with E-state index in [0.717, 1.165) is 17.3 Å². The predicted molar refractivity (Wildman–Crippen MR) is 74.0 cm³/mol. The molecule has 1 aromatic carbocycles. The highest BCUT2D eigenvalue weighted by atomic mass is 32.2. The number of carboxylic acids is 1. The molecule has 0 saturated heterocycles. The molecule has 1 aromatic heterocycles. The number of aliphatic hydroxyl groups excluding tert-OH is 1. The van der Waals surface area contributed by atoms with Gasteiger partial charge in [0.25, 0.3) is 0 Å². The van der Waals surface area contributed by atoms with Crippen molar-refractivity contribution in [1.82, 2.24) is 9.55 Å². The molecule has 0 radical (unpaired) electrons. The van der Waals surface area contributed by atoms with E-state index in [0.29, 0.717) is 17.4 Å². The van der Waals surface area contributed by atoms with Gasteiger partial charge in [-0.25, -0.2) is 9.37 Å². The Labute approximate surface area is 125 Å². The van der Waals surface area contributed by atoms with Gasteiger partial charge >= 0.3 is 0 Å². The zero-order chi connectivity index (χ0) is 15.4. The molecule has 0 bridgehead atoms. The van der Waals surface area contributed by atoms with Crippen LogP contribution in [0.1, 0.15) is 18.2 Å². The van der Waals surface area contributed by atoms with Crippen molar-refractivity contribution in [3.8, 4) is 0 Å². The van der Waals surface area contributed by atoms with E-state index < -0.39 is 11.2 Å². The fraction of sp³-hybridized carbons (Fsp3) is 0.286. The van der Waals surface area contributed by atoms with Crippen molar-refractivity contribution < 1.29 is 19.4 Å². The molecular formula is C14H14FN2O3S-. The second-order valence-corrected chi connectivity index (χ2v) is 5.81. The van der Waals surface area contributed by atoms with Gasteiger partial charge < -0.3 is 19.6 Å². The Hall–Kier alpha value is -1.86. The summed E-state index contributed by atoms with van der Waals surface area (Å²) in [5.41, 5.74) is 1.30. The highest BCUT2D eigenvalue weighted by Crippen LogP contribution is 2.23. The molecule has 0 fully saturated rings. The second kappa shape index (κ2) is 6.73. The topological polar surface area (TPSA) is 78.2 Å². The van der Waals surface area contributed by atoms with Gasteiger partial charge in [0.05, 0.1) is 18.3 Å². The summed E-state index contributed by atoms with van der Waals surface area (Å²) < 4.78 is 14.6. The number of aromatic nitrogens is 2. The number of aliphatic carboxylic acids is 1. The van der Waals surface area contributed by atoms with Gasteiger partial charge in [0.1, 0.15) is 5.82 Å². The largest absolute Gasteiger partial charge is 0.549 e. The Balaban J connectivity index is 2.22. The van der Waals surface area contributed by atoms with E-state index in [1.54, 1.807) is 22.9 Å². The molecule has 0 aliphatic heterocycles. The van der Waals surface area contributed by atoms with Gasteiger partial charge in [0.2, 0.25) is 0 Å². The molecule has 1 heterocycles. The van der Waals surface area contributed by atoms with Gasteiger partial charge in [0.15, 0.2) is 5.16 Å². The maximum absolute atomic E-state index is 12.9. The molecular weight excluding hydrogens is 295 g/mol. The molecule has 21 heavy (non-hydrogen) atoms. The van der Waals surface area contributed by atoms with E-state index in [2.05, 4.69) is 4.98 Å². The molecule has 1 N–H and O–H groups in total. The average molecular weight is 309 g/mol. The van der Waals surface area contributed by atoms with Crippen molar-refractivity contribution in [2.75, 3.05) is 0 Å². The molecule has 0 spiro atoms. The molecule has 2 aromatic rings. The summed E-state index contributed by atoms with van der Waals surface area (Å²) in [7, 11) is 0. The van der Waals surface area contributed by atoms with Gasteiger partial charge in [-0.15, -0.1) is 0 Å². The van der Waals surface area contributed by atoms with Crippen LogP contribution in [0.3, 0.4) is 0 Å². The van der Waals surface area contributed by atoms with E-state index in [4.69, 9.17) is 5.11 Å². The molecule has 2 rings (SSSR count). The van der Waals surface area contributed by atoms with Crippen LogP contribution in [-0.4, -0.2) is 25.9 Å². The van der Waals surface area contributed by atoms with Gasteiger partial charge in [0, 0.05) is 18.0 Å². The number of imidazole rings is 1. The first-order valence-corrected chi connectivity index (χ1v) is 7.16. The van der Waals surface area contributed by atoms with Crippen LogP contribution in [0.25, 0.3) is 0 Å². The third-order valence-corrected chi connectivity index (χ3v) is 3.91.